The molecule has 2 amide bonds. The van der Waals surface area contributed by atoms with Gasteiger partial charge >= 0.3 is 6.03 Å². The van der Waals surface area contributed by atoms with Gasteiger partial charge < -0.3 is 10.2 Å². The minimum atomic E-state index is -0.0370. The van der Waals surface area contributed by atoms with Crippen molar-refractivity contribution in [2.75, 3.05) is 18.4 Å². The molecule has 1 aliphatic rings. The van der Waals surface area contributed by atoms with Gasteiger partial charge in [-0.05, 0) is 51.0 Å². The van der Waals surface area contributed by atoms with Gasteiger partial charge in [0.2, 0.25) is 0 Å². The number of benzene rings is 1. The average molecular weight is 324 g/mol. The summed E-state index contributed by atoms with van der Waals surface area (Å²) in [5, 5.41) is 7.45. The summed E-state index contributed by atoms with van der Waals surface area (Å²) in [4.78, 5) is 14.1. The van der Waals surface area contributed by atoms with E-state index in [1.165, 1.54) is 5.57 Å². The van der Waals surface area contributed by atoms with Crippen LogP contribution in [0.4, 0.5) is 10.5 Å². The standard InChI is InChI=1S/C19H24N4O/c1-14-8-10-22(11-9-14)19(24)20-18-6-4-17(5-7-18)13-23-16(3)12-15(2)21-23/h4-8,12H,9-11,13H2,1-3H3,(H,20,24). The molecule has 0 bridgehead atoms. The van der Waals surface area contributed by atoms with Crippen LogP contribution in [-0.2, 0) is 6.54 Å². The molecule has 1 aliphatic heterocycles. The normalized spacial score (nSPS) is 14.5. The molecule has 2 heterocycles. The molecule has 3 rings (SSSR count). The molecule has 0 spiro atoms. The van der Waals surface area contributed by atoms with Gasteiger partial charge in [0.15, 0.2) is 0 Å². The summed E-state index contributed by atoms with van der Waals surface area (Å²) < 4.78 is 1.99. The smallest absolute Gasteiger partial charge is 0.320 e. The Hall–Kier alpha value is -2.56. The van der Waals surface area contributed by atoms with Crippen LogP contribution < -0.4 is 5.32 Å². The highest BCUT2D eigenvalue weighted by atomic mass is 16.2. The topological polar surface area (TPSA) is 50.2 Å². The summed E-state index contributed by atoms with van der Waals surface area (Å²) in [5.74, 6) is 0. The first-order valence-electron chi connectivity index (χ1n) is 8.33. The third-order valence-corrected chi connectivity index (χ3v) is 4.36. The van der Waals surface area contributed by atoms with Gasteiger partial charge in [0.1, 0.15) is 0 Å². The fourth-order valence-electron chi connectivity index (χ4n) is 2.86. The van der Waals surface area contributed by atoms with Crippen LogP contribution in [0.25, 0.3) is 0 Å². The maximum Gasteiger partial charge on any atom is 0.322 e. The Kier molecular flexibility index (Phi) is 4.69. The first-order valence-corrected chi connectivity index (χ1v) is 8.33. The van der Waals surface area contributed by atoms with Crippen LogP contribution in [0, 0.1) is 13.8 Å². The number of aryl methyl sites for hydroxylation is 2. The maximum absolute atomic E-state index is 12.3. The Morgan fingerprint density at radius 2 is 1.96 bits per heavy atom. The summed E-state index contributed by atoms with van der Waals surface area (Å²) >= 11 is 0. The summed E-state index contributed by atoms with van der Waals surface area (Å²) in [6.07, 6.45) is 3.07. The van der Waals surface area contributed by atoms with Gasteiger partial charge in [-0.15, -0.1) is 0 Å². The zero-order valence-electron chi connectivity index (χ0n) is 14.5. The number of nitrogens with zero attached hydrogens (tertiary/aromatic N) is 3. The quantitative estimate of drug-likeness (QED) is 0.875. The van der Waals surface area contributed by atoms with Gasteiger partial charge in [-0.3, -0.25) is 4.68 Å². The predicted molar refractivity (Wildman–Crippen MR) is 96.2 cm³/mol. The van der Waals surface area contributed by atoms with Crippen molar-refractivity contribution in [2.24, 2.45) is 0 Å². The number of aromatic nitrogens is 2. The van der Waals surface area contributed by atoms with Crippen molar-refractivity contribution in [3.8, 4) is 0 Å². The highest BCUT2D eigenvalue weighted by molar-refractivity contribution is 5.89. The Balaban J connectivity index is 1.60. The molecular weight excluding hydrogens is 300 g/mol. The van der Waals surface area contributed by atoms with Crippen molar-refractivity contribution in [1.29, 1.82) is 0 Å². The Bertz CT molecular complexity index is 758. The summed E-state index contributed by atoms with van der Waals surface area (Å²) in [6, 6.07) is 10.0. The number of carbonyl (C=O) groups excluding carboxylic acids is 1. The maximum atomic E-state index is 12.3. The molecule has 0 aliphatic carbocycles. The molecule has 5 heteroatoms. The molecular formula is C19H24N4O. The highest BCUT2D eigenvalue weighted by Gasteiger charge is 2.15. The first-order chi connectivity index (χ1) is 11.5. The second kappa shape index (κ2) is 6.91. The third kappa shape index (κ3) is 3.85. The molecule has 1 N–H and O–H groups in total. The largest absolute Gasteiger partial charge is 0.322 e. The van der Waals surface area contributed by atoms with Gasteiger partial charge in [0.25, 0.3) is 0 Å². The number of hydrogen-bond donors (Lipinski definition) is 1. The van der Waals surface area contributed by atoms with Gasteiger partial charge in [-0.25, -0.2) is 4.79 Å². The zero-order valence-corrected chi connectivity index (χ0v) is 14.5. The van der Waals surface area contributed by atoms with Crippen LogP contribution in [0.15, 0.2) is 42.0 Å². The SMILES string of the molecule is CC1=CCN(C(=O)Nc2ccc(Cn3nc(C)cc3C)cc2)CC1. The molecule has 24 heavy (non-hydrogen) atoms. The minimum absolute atomic E-state index is 0.0370. The van der Waals surface area contributed by atoms with Crippen molar-refractivity contribution in [3.63, 3.8) is 0 Å². The molecule has 5 nitrogen and oxygen atoms in total. The van der Waals surface area contributed by atoms with Crippen molar-refractivity contribution in [1.82, 2.24) is 14.7 Å². The van der Waals surface area contributed by atoms with E-state index in [0.29, 0.717) is 6.54 Å². The third-order valence-electron chi connectivity index (χ3n) is 4.36. The lowest BCUT2D eigenvalue weighted by atomic mass is 10.1. The van der Waals surface area contributed by atoms with E-state index < -0.39 is 0 Å². The Morgan fingerprint density at radius 3 is 2.54 bits per heavy atom. The number of anilines is 1. The monoisotopic (exact) mass is 324 g/mol. The molecule has 0 saturated carbocycles. The minimum Gasteiger partial charge on any atom is -0.320 e. The summed E-state index contributed by atoms with van der Waals surface area (Å²) in [5.41, 5.74) is 5.52. The molecule has 2 aromatic rings. The number of rotatable bonds is 3. The van der Waals surface area contributed by atoms with Gasteiger partial charge in [0, 0.05) is 24.5 Å². The van der Waals surface area contributed by atoms with E-state index in [-0.39, 0.29) is 6.03 Å². The molecule has 0 unspecified atom stereocenters. The van der Waals surface area contributed by atoms with Crippen LogP contribution >= 0.6 is 0 Å². The van der Waals surface area contributed by atoms with E-state index >= 15 is 0 Å². The van der Waals surface area contributed by atoms with Crippen molar-refractivity contribution >= 4 is 11.7 Å². The van der Waals surface area contributed by atoms with E-state index in [0.717, 1.165) is 42.1 Å². The second-order valence-corrected chi connectivity index (χ2v) is 6.46. The number of nitrogens with one attached hydrogen (secondary N) is 1. The Morgan fingerprint density at radius 1 is 1.21 bits per heavy atom. The van der Waals surface area contributed by atoms with Crippen molar-refractivity contribution < 1.29 is 4.79 Å². The molecule has 0 saturated heterocycles. The van der Waals surface area contributed by atoms with Crippen molar-refractivity contribution in [2.45, 2.75) is 33.7 Å². The number of hydrogen-bond acceptors (Lipinski definition) is 2. The predicted octanol–water partition coefficient (Wildman–Crippen LogP) is 3.73. The molecule has 0 radical (unpaired) electrons. The molecule has 0 atom stereocenters. The fourth-order valence-corrected chi connectivity index (χ4v) is 2.86. The van der Waals surface area contributed by atoms with Crippen LogP contribution in [0.1, 0.15) is 30.3 Å². The van der Waals surface area contributed by atoms with E-state index in [2.05, 4.69) is 36.4 Å². The number of amides is 2. The van der Waals surface area contributed by atoms with E-state index in [1.54, 1.807) is 0 Å². The lowest BCUT2D eigenvalue weighted by Crippen LogP contribution is -2.37. The van der Waals surface area contributed by atoms with Crippen LogP contribution in [0.5, 0.6) is 0 Å². The zero-order chi connectivity index (χ0) is 17.1. The van der Waals surface area contributed by atoms with Gasteiger partial charge in [0.05, 0.1) is 12.2 Å². The van der Waals surface area contributed by atoms with E-state index in [9.17, 15) is 4.79 Å². The molecule has 126 valence electrons. The number of urea groups is 1. The molecule has 0 fully saturated rings. The average Bonchev–Trinajstić information content (AvgIpc) is 2.87. The molecule has 1 aromatic heterocycles. The van der Waals surface area contributed by atoms with E-state index in [1.807, 2.05) is 40.8 Å². The van der Waals surface area contributed by atoms with Gasteiger partial charge in [-0.2, -0.15) is 5.10 Å². The van der Waals surface area contributed by atoms with E-state index in [4.69, 9.17) is 0 Å². The number of carbonyl (C=O) groups is 1. The highest BCUT2D eigenvalue weighted by Crippen LogP contribution is 2.15. The fraction of sp³-hybridized carbons (Fsp3) is 0.368. The van der Waals surface area contributed by atoms with Crippen LogP contribution in [-0.4, -0.2) is 33.8 Å². The van der Waals surface area contributed by atoms with Gasteiger partial charge in [-0.1, -0.05) is 23.8 Å². The lowest BCUT2D eigenvalue weighted by molar-refractivity contribution is 0.215. The summed E-state index contributed by atoms with van der Waals surface area (Å²) in [7, 11) is 0. The molecule has 1 aromatic carbocycles. The first kappa shape index (κ1) is 16.3. The lowest BCUT2D eigenvalue weighted by Gasteiger charge is -2.25. The van der Waals surface area contributed by atoms with Crippen LogP contribution in [0.3, 0.4) is 0 Å². The van der Waals surface area contributed by atoms with Crippen LogP contribution in [0.2, 0.25) is 0 Å². The van der Waals surface area contributed by atoms with Crippen molar-refractivity contribution in [3.05, 3.63) is 58.9 Å². The Labute approximate surface area is 143 Å². The summed E-state index contributed by atoms with van der Waals surface area (Å²) in [6.45, 7) is 8.38. The second-order valence-electron chi connectivity index (χ2n) is 6.46.